The number of allylic oxidation sites excluding steroid dienone is 2. The highest BCUT2D eigenvalue weighted by atomic mass is 79.9. The number of para-hydroxylation sites is 1. The maximum Gasteiger partial charge on any atom is 0.172 e. The van der Waals surface area contributed by atoms with E-state index in [0.717, 1.165) is 48.3 Å². The molecule has 3 saturated heterocycles. The van der Waals surface area contributed by atoms with E-state index in [2.05, 4.69) is 36.4 Å². The van der Waals surface area contributed by atoms with Gasteiger partial charge in [0.05, 0.1) is 19.7 Å². The predicted molar refractivity (Wildman–Crippen MR) is 143 cm³/mol. The Labute approximate surface area is 232 Å². The molecule has 2 bridgehead atoms. The second-order valence-electron chi connectivity index (χ2n) is 11.5. The van der Waals surface area contributed by atoms with Gasteiger partial charge in [0.15, 0.2) is 12.1 Å². The molecule has 4 fully saturated rings. The smallest absolute Gasteiger partial charge is 0.172 e. The van der Waals surface area contributed by atoms with E-state index in [1.807, 2.05) is 48.5 Å². The molecule has 0 radical (unpaired) electrons. The van der Waals surface area contributed by atoms with Crippen molar-refractivity contribution in [3.63, 3.8) is 0 Å². The van der Waals surface area contributed by atoms with Crippen molar-refractivity contribution in [3.8, 4) is 5.75 Å². The number of ether oxygens (including phenoxy) is 2. The fraction of sp³-hybridized carbons (Fsp3) is 0.500. The van der Waals surface area contributed by atoms with Crippen molar-refractivity contribution in [1.82, 2.24) is 0 Å². The second-order valence-corrected chi connectivity index (χ2v) is 11.5. The van der Waals surface area contributed by atoms with Crippen LogP contribution >= 0.6 is 0 Å². The lowest BCUT2D eigenvalue weighted by Gasteiger charge is -2.59. The Morgan fingerprint density at radius 3 is 2.14 bits per heavy atom. The van der Waals surface area contributed by atoms with Gasteiger partial charge in [-0.05, 0) is 48.6 Å². The molecular weight excluding hydrogens is 526 g/mol. The number of fused-ring (bicyclic) bond motifs is 3. The van der Waals surface area contributed by atoms with Crippen LogP contribution in [-0.2, 0) is 10.3 Å². The Kier molecular flexibility index (Phi) is 7.97. The molecule has 198 valence electrons. The molecule has 2 unspecified atom stereocenters. The molecule has 0 spiro atoms. The number of nitrogens with zero attached hydrogens (tertiary/aromatic N) is 1. The number of quaternary nitrogens is 1. The monoisotopic (exact) mass is 565 g/mol. The van der Waals surface area contributed by atoms with Gasteiger partial charge in [-0.2, -0.15) is 0 Å². The highest BCUT2D eigenvalue weighted by Crippen LogP contribution is 2.46. The number of rotatable bonds is 9. The van der Waals surface area contributed by atoms with Gasteiger partial charge < -0.3 is 36.0 Å². The zero-order valence-electron chi connectivity index (χ0n) is 21.7. The van der Waals surface area contributed by atoms with E-state index in [4.69, 9.17) is 9.47 Å². The van der Waals surface area contributed by atoms with E-state index in [1.165, 1.54) is 25.7 Å². The van der Waals surface area contributed by atoms with E-state index in [0.29, 0.717) is 19.1 Å². The zero-order valence-corrected chi connectivity index (χ0v) is 23.3. The molecule has 3 heterocycles. The molecule has 0 aromatic heterocycles. The van der Waals surface area contributed by atoms with Crippen LogP contribution in [0.5, 0.6) is 5.75 Å². The predicted octanol–water partition coefficient (Wildman–Crippen LogP) is 2.64. The summed E-state index contributed by atoms with van der Waals surface area (Å²) >= 11 is 0. The second kappa shape index (κ2) is 11.1. The maximum atomic E-state index is 12.0. The van der Waals surface area contributed by atoms with E-state index in [9.17, 15) is 5.11 Å². The molecule has 2 aromatic carbocycles. The molecular formula is C32H40BrNO3. The average Bonchev–Trinajstić information content (AvgIpc) is 3.67. The van der Waals surface area contributed by atoms with Gasteiger partial charge in [-0.3, -0.25) is 0 Å². The molecule has 5 heteroatoms. The van der Waals surface area contributed by atoms with Crippen molar-refractivity contribution in [1.29, 1.82) is 0 Å². The van der Waals surface area contributed by atoms with Gasteiger partial charge in [-0.1, -0.05) is 73.5 Å². The van der Waals surface area contributed by atoms with Crippen LogP contribution in [0.25, 0.3) is 0 Å². The fourth-order valence-electron chi connectivity index (χ4n) is 7.47. The van der Waals surface area contributed by atoms with Gasteiger partial charge in [0.1, 0.15) is 24.0 Å². The maximum absolute atomic E-state index is 12.0. The van der Waals surface area contributed by atoms with Gasteiger partial charge in [0, 0.05) is 18.8 Å². The lowest BCUT2D eigenvalue weighted by atomic mass is 9.77. The van der Waals surface area contributed by atoms with E-state index in [-0.39, 0.29) is 34.5 Å². The minimum Gasteiger partial charge on any atom is -1.00 e. The number of piperidine rings is 3. The summed E-state index contributed by atoms with van der Waals surface area (Å²) in [5, 5.41) is 12.0. The molecule has 7 rings (SSSR count). The van der Waals surface area contributed by atoms with Crippen LogP contribution < -0.4 is 21.7 Å². The first kappa shape index (κ1) is 26.7. The third-order valence-electron chi connectivity index (χ3n) is 9.71. The summed E-state index contributed by atoms with van der Waals surface area (Å²) in [4.78, 5) is 0. The SMILES string of the molecule is OC(COC1C[N+]2(C3(COc4ccccc4)C=CC=C3)CCC1CC2)(c1ccccc1)C1CCCC1.[Br-]. The van der Waals surface area contributed by atoms with Crippen molar-refractivity contribution in [2.75, 3.05) is 32.8 Å². The van der Waals surface area contributed by atoms with E-state index < -0.39 is 5.60 Å². The third kappa shape index (κ3) is 4.96. The molecule has 1 N–H and O–H groups in total. The lowest BCUT2D eigenvalue weighted by molar-refractivity contribution is -0.979. The summed E-state index contributed by atoms with van der Waals surface area (Å²) in [6.07, 6.45) is 16.2. The summed E-state index contributed by atoms with van der Waals surface area (Å²) < 4.78 is 14.1. The summed E-state index contributed by atoms with van der Waals surface area (Å²) in [5.41, 5.74) is -0.0589. The number of aliphatic hydroxyl groups is 1. The molecule has 2 atom stereocenters. The Hall–Kier alpha value is -1.92. The van der Waals surface area contributed by atoms with Crippen LogP contribution in [-0.4, -0.2) is 54.1 Å². The number of hydrogen-bond donors (Lipinski definition) is 1. The summed E-state index contributed by atoms with van der Waals surface area (Å²) in [5.74, 6) is 1.78. The molecule has 0 amide bonds. The first-order valence-corrected chi connectivity index (χ1v) is 13.9. The third-order valence-corrected chi connectivity index (χ3v) is 9.71. The lowest BCUT2D eigenvalue weighted by Crippen LogP contribution is -3.00. The van der Waals surface area contributed by atoms with Crippen molar-refractivity contribution in [3.05, 3.63) is 90.5 Å². The number of benzene rings is 2. The topological polar surface area (TPSA) is 38.7 Å². The summed E-state index contributed by atoms with van der Waals surface area (Å²) in [6.45, 7) is 4.32. The minimum atomic E-state index is -0.907. The largest absolute Gasteiger partial charge is 1.00 e. The van der Waals surface area contributed by atoms with Crippen LogP contribution in [0.2, 0.25) is 0 Å². The van der Waals surface area contributed by atoms with Crippen LogP contribution in [0.15, 0.2) is 85.0 Å². The van der Waals surface area contributed by atoms with E-state index in [1.54, 1.807) is 0 Å². The Morgan fingerprint density at radius 1 is 0.865 bits per heavy atom. The molecule has 1 saturated carbocycles. The van der Waals surface area contributed by atoms with Crippen molar-refractivity contribution in [2.45, 2.75) is 55.8 Å². The Morgan fingerprint density at radius 2 is 1.49 bits per heavy atom. The molecule has 4 nitrogen and oxygen atoms in total. The van der Waals surface area contributed by atoms with Crippen LogP contribution in [0.3, 0.4) is 0 Å². The van der Waals surface area contributed by atoms with Crippen LogP contribution in [0, 0.1) is 11.8 Å². The first-order chi connectivity index (χ1) is 17.6. The van der Waals surface area contributed by atoms with Crippen molar-refractivity contribution in [2.24, 2.45) is 11.8 Å². The minimum absolute atomic E-state index is 0. The molecule has 37 heavy (non-hydrogen) atoms. The highest BCUT2D eigenvalue weighted by molar-refractivity contribution is 5.30. The summed E-state index contributed by atoms with van der Waals surface area (Å²) in [7, 11) is 0. The quantitative estimate of drug-likeness (QED) is 0.475. The van der Waals surface area contributed by atoms with Crippen molar-refractivity contribution >= 4 is 0 Å². The van der Waals surface area contributed by atoms with Gasteiger partial charge >= 0.3 is 0 Å². The van der Waals surface area contributed by atoms with Gasteiger partial charge in [-0.25, -0.2) is 0 Å². The normalized spacial score (nSPS) is 29.6. The van der Waals surface area contributed by atoms with Crippen LogP contribution in [0.1, 0.15) is 44.1 Å². The number of halogens is 1. The standard InChI is InChI=1S/C32H40NO3.BrH/c34-32(28-13-7-8-14-28,27-11-3-1-4-12-27)25-36-30-23-33(21-17-26(30)18-22-33)31(19-9-10-20-31)24-35-29-15-5-2-6-16-29;/h1-6,9-12,15-16,19-20,26,28,30,34H,7-8,13-14,17-18,21-25H2;1H/q+1;/p-1. The summed E-state index contributed by atoms with van der Waals surface area (Å²) in [6, 6.07) is 20.4. The molecule has 2 aromatic rings. The number of hydrogen-bond acceptors (Lipinski definition) is 3. The fourth-order valence-corrected chi connectivity index (χ4v) is 7.47. The van der Waals surface area contributed by atoms with Gasteiger partial charge in [0.2, 0.25) is 0 Å². The Bertz CT molecular complexity index is 1060. The van der Waals surface area contributed by atoms with Gasteiger partial charge in [-0.15, -0.1) is 0 Å². The van der Waals surface area contributed by atoms with E-state index >= 15 is 0 Å². The highest BCUT2D eigenvalue weighted by Gasteiger charge is 2.57. The van der Waals surface area contributed by atoms with Crippen LogP contribution in [0.4, 0.5) is 0 Å². The van der Waals surface area contributed by atoms with Gasteiger partial charge in [0.25, 0.3) is 0 Å². The average molecular weight is 567 g/mol. The zero-order chi connectivity index (χ0) is 24.5. The van der Waals surface area contributed by atoms with Crippen molar-refractivity contribution < 1.29 is 36.0 Å². The molecule has 5 aliphatic rings. The Balaban J connectivity index is 0.00000280. The first-order valence-electron chi connectivity index (χ1n) is 13.9. The molecule has 2 aliphatic carbocycles. The molecule has 3 aliphatic heterocycles.